The molecule has 1 aromatic heterocycles. The minimum atomic E-state index is -4.53. The standard InChI is InChI=1S/C25H21F3N2O/c1-24(2)12-19-23(20(31)13-24)22(14-6-3-4-8-16(14)25(26,27)28)21-15-7-5-11-29-17(15)9-10-18(21)30-19/h3-11,22,30H,12-13H2,1-2H3/t22-/m0/s1. The number of pyridine rings is 1. The molecule has 2 aliphatic rings. The topological polar surface area (TPSA) is 42.0 Å². The molecule has 158 valence electrons. The molecule has 31 heavy (non-hydrogen) atoms. The predicted molar refractivity (Wildman–Crippen MR) is 114 cm³/mol. The lowest BCUT2D eigenvalue weighted by molar-refractivity contribution is -0.138. The average Bonchev–Trinajstić information content (AvgIpc) is 2.70. The van der Waals surface area contributed by atoms with Crippen LogP contribution >= 0.6 is 0 Å². The quantitative estimate of drug-likeness (QED) is 0.490. The highest BCUT2D eigenvalue weighted by Crippen LogP contribution is 2.52. The van der Waals surface area contributed by atoms with E-state index in [0.29, 0.717) is 29.5 Å². The van der Waals surface area contributed by atoms with E-state index in [4.69, 9.17) is 0 Å². The highest BCUT2D eigenvalue weighted by atomic mass is 19.4. The minimum Gasteiger partial charge on any atom is -0.358 e. The van der Waals surface area contributed by atoms with Crippen molar-refractivity contribution < 1.29 is 18.0 Å². The van der Waals surface area contributed by atoms with Gasteiger partial charge in [-0.2, -0.15) is 13.2 Å². The monoisotopic (exact) mass is 422 g/mol. The van der Waals surface area contributed by atoms with E-state index in [1.54, 1.807) is 18.3 Å². The van der Waals surface area contributed by atoms with Gasteiger partial charge in [-0.05, 0) is 47.2 Å². The molecule has 1 aliphatic carbocycles. The third-order valence-corrected chi connectivity index (χ3v) is 6.19. The molecule has 2 aromatic carbocycles. The maximum Gasteiger partial charge on any atom is 0.416 e. The van der Waals surface area contributed by atoms with E-state index in [1.165, 1.54) is 12.1 Å². The Labute approximate surface area is 178 Å². The normalized spacial score (nSPS) is 20.3. The fourth-order valence-corrected chi connectivity index (χ4v) is 5.00. The number of carbonyl (C=O) groups is 1. The van der Waals surface area contributed by atoms with Crippen LogP contribution in [0, 0.1) is 5.41 Å². The number of hydrogen-bond donors (Lipinski definition) is 1. The summed E-state index contributed by atoms with van der Waals surface area (Å²) in [7, 11) is 0. The summed E-state index contributed by atoms with van der Waals surface area (Å²) < 4.78 is 42.0. The van der Waals surface area contributed by atoms with Gasteiger partial charge in [0.05, 0.1) is 11.1 Å². The van der Waals surface area contributed by atoms with Crippen LogP contribution in [0.5, 0.6) is 0 Å². The van der Waals surface area contributed by atoms with Gasteiger partial charge in [-0.3, -0.25) is 9.78 Å². The van der Waals surface area contributed by atoms with E-state index < -0.39 is 17.7 Å². The van der Waals surface area contributed by atoms with Gasteiger partial charge in [-0.1, -0.05) is 38.1 Å². The molecule has 0 bridgehead atoms. The fraction of sp³-hybridized carbons (Fsp3) is 0.280. The van der Waals surface area contributed by atoms with E-state index in [1.807, 2.05) is 32.0 Å². The van der Waals surface area contributed by atoms with E-state index in [9.17, 15) is 18.0 Å². The summed E-state index contributed by atoms with van der Waals surface area (Å²) in [6.07, 6.45) is -1.97. The van der Waals surface area contributed by atoms with Crippen molar-refractivity contribution in [2.75, 3.05) is 5.32 Å². The third kappa shape index (κ3) is 3.21. The van der Waals surface area contributed by atoms with Crippen molar-refractivity contribution in [1.82, 2.24) is 4.98 Å². The second-order valence-corrected chi connectivity index (χ2v) is 9.07. The Hall–Kier alpha value is -3.15. The first-order chi connectivity index (χ1) is 14.7. The molecule has 1 N–H and O–H groups in total. The molecule has 1 atom stereocenters. The smallest absolute Gasteiger partial charge is 0.358 e. The number of carbonyl (C=O) groups excluding carboxylic acids is 1. The summed E-state index contributed by atoms with van der Waals surface area (Å²) in [6, 6.07) is 12.9. The number of nitrogens with zero attached hydrogens (tertiary/aromatic N) is 1. The molecule has 5 rings (SSSR count). The first kappa shape index (κ1) is 19.8. The summed E-state index contributed by atoms with van der Waals surface area (Å²) in [4.78, 5) is 17.7. The number of fused-ring (bicyclic) bond motifs is 3. The van der Waals surface area contributed by atoms with Gasteiger partial charge >= 0.3 is 6.18 Å². The molecule has 0 fully saturated rings. The number of rotatable bonds is 1. The summed E-state index contributed by atoms with van der Waals surface area (Å²) in [5.41, 5.74) is 2.39. The highest BCUT2D eigenvalue weighted by Gasteiger charge is 2.44. The number of aromatic nitrogens is 1. The third-order valence-electron chi connectivity index (χ3n) is 6.19. The Kier molecular flexibility index (Phi) is 4.26. The molecule has 0 spiro atoms. The van der Waals surface area contributed by atoms with E-state index in [2.05, 4.69) is 10.3 Å². The maximum atomic E-state index is 14.0. The second kappa shape index (κ2) is 6.67. The molecular weight excluding hydrogens is 401 g/mol. The molecule has 3 aromatic rings. The number of hydrogen-bond acceptors (Lipinski definition) is 3. The van der Waals surface area contributed by atoms with Crippen molar-refractivity contribution in [1.29, 1.82) is 0 Å². The molecule has 0 unspecified atom stereocenters. The lowest BCUT2D eigenvalue weighted by atomic mass is 9.67. The van der Waals surface area contributed by atoms with Gasteiger partial charge in [0.2, 0.25) is 0 Å². The molecule has 0 amide bonds. The zero-order valence-electron chi connectivity index (χ0n) is 17.2. The molecule has 2 heterocycles. The van der Waals surface area contributed by atoms with Crippen LogP contribution in [0.2, 0.25) is 0 Å². The summed E-state index contributed by atoms with van der Waals surface area (Å²) in [5.74, 6) is -0.909. The first-order valence-electron chi connectivity index (χ1n) is 10.2. The zero-order valence-corrected chi connectivity index (χ0v) is 17.2. The van der Waals surface area contributed by atoms with Crippen LogP contribution in [-0.4, -0.2) is 10.8 Å². The zero-order chi connectivity index (χ0) is 22.0. The van der Waals surface area contributed by atoms with Crippen molar-refractivity contribution in [2.45, 2.75) is 38.8 Å². The van der Waals surface area contributed by atoms with Crippen LogP contribution < -0.4 is 5.32 Å². The van der Waals surface area contributed by atoms with Crippen molar-refractivity contribution >= 4 is 22.4 Å². The Morgan fingerprint density at radius 3 is 2.58 bits per heavy atom. The number of alkyl halides is 3. The number of anilines is 1. The maximum absolute atomic E-state index is 14.0. The molecule has 0 radical (unpaired) electrons. The van der Waals surface area contributed by atoms with E-state index in [0.717, 1.165) is 22.8 Å². The summed E-state index contributed by atoms with van der Waals surface area (Å²) >= 11 is 0. The lowest BCUT2D eigenvalue weighted by Crippen LogP contribution is -2.34. The predicted octanol–water partition coefficient (Wildman–Crippen LogP) is 6.45. The second-order valence-electron chi connectivity index (χ2n) is 9.07. The Morgan fingerprint density at radius 1 is 1.03 bits per heavy atom. The molecule has 3 nitrogen and oxygen atoms in total. The van der Waals surface area contributed by atoms with Crippen LogP contribution in [0.25, 0.3) is 10.9 Å². The molecular formula is C25H21F3N2O. The molecule has 0 saturated heterocycles. The Bertz CT molecular complexity index is 1260. The van der Waals surface area contributed by atoms with Gasteiger partial charge < -0.3 is 5.32 Å². The van der Waals surface area contributed by atoms with Crippen LogP contribution in [0.1, 0.15) is 49.3 Å². The van der Waals surface area contributed by atoms with Gasteiger partial charge in [0.15, 0.2) is 5.78 Å². The van der Waals surface area contributed by atoms with Gasteiger partial charge in [-0.25, -0.2) is 0 Å². The summed E-state index contributed by atoms with van der Waals surface area (Å²) in [5, 5.41) is 4.13. The van der Waals surface area contributed by atoms with E-state index in [-0.39, 0.29) is 16.8 Å². The molecule has 0 saturated carbocycles. The molecule has 6 heteroatoms. The van der Waals surface area contributed by atoms with Crippen LogP contribution in [0.3, 0.4) is 0 Å². The Balaban J connectivity index is 1.86. The van der Waals surface area contributed by atoms with Gasteiger partial charge in [0.25, 0.3) is 0 Å². The van der Waals surface area contributed by atoms with Crippen molar-refractivity contribution in [3.05, 3.63) is 82.7 Å². The van der Waals surface area contributed by atoms with Crippen molar-refractivity contribution in [3.63, 3.8) is 0 Å². The van der Waals surface area contributed by atoms with Crippen LogP contribution in [-0.2, 0) is 11.0 Å². The van der Waals surface area contributed by atoms with Gasteiger partial charge in [0, 0.05) is 40.9 Å². The van der Waals surface area contributed by atoms with Crippen LogP contribution in [0.4, 0.5) is 18.9 Å². The fourth-order valence-electron chi connectivity index (χ4n) is 5.00. The number of ketones is 1. The number of nitrogens with one attached hydrogen (secondary N) is 1. The lowest BCUT2D eigenvalue weighted by Gasteiger charge is -2.40. The van der Waals surface area contributed by atoms with E-state index >= 15 is 0 Å². The average molecular weight is 422 g/mol. The molecule has 1 aliphatic heterocycles. The van der Waals surface area contributed by atoms with Gasteiger partial charge in [0.1, 0.15) is 0 Å². The van der Waals surface area contributed by atoms with Crippen LogP contribution in [0.15, 0.2) is 66.0 Å². The SMILES string of the molecule is CC1(C)CC(=O)C2=C(C1)Nc1ccc3ncccc3c1[C@@H]2c1ccccc1C(F)(F)F. The number of halogens is 3. The first-order valence-corrected chi connectivity index (χ1v) is 10.2. The number of Topliss-reactive ketones (excluding diaryl/α,β-unsaturated/α-hetero) is 1. The Morgan fingerprint density at radius 2 is 1.81 bits per heavy atom. The van der Waals surface area contributed by atoms with Crippen molar-refractivity contribution in [3.8, 4) is 0 Å². The van der Waals surface area contributed by atoms with Gasteiger partial charge in [-0.15, -0.1) is 0 Å². The minimum absolute atomic E-state index is 0.104. The number of benzene rings is 2. The number of allylic oxidation sites excluding steroid dienone is 2. The highest BCUT2D eigenvalue weighted by molar-refractivity contribution is 6.04. The van der Waals surface area contributed by atoms with Crippen molar-refractivity contribution in [2.24, 2.45) is 5.41 Å². The summed E-state index contributed by atoms with van der Waals surface area (Å²) in [6.45, 7) is 4.02. The largest absolute Gasteiger partial charge is 0.416 e.